The lowest BCUT2D eigenvalue weighted by molar-refractivity contribution is 0.0703. The van der Waals surface area contributed by atoms with Gasteiger partial charge < -0.3 is 14.2 Å². The molecule has 0 radical (unpaired) electrons. The average molecular weight is 377 g/mol. The Kier molecular flexibility index (Phi) is 5.32. The molecule has 1 aliphatic rings. The number of methoxy groups -OCH3 is 1. The molecule has 1 amide bonds. The van der Waals surface area contributed by atoms with Gasteiger partial charge in [-0.2, -0.15) is 0 Å². The van der Waals surface area contributed by atoms with Gasteiger partial charge >= 0.3 is 0 Å². The molecular formula is C21H23N5O2. The van der Waals surface area contributed by atoms with Crippen molar-refractivity contribution < 1.29 is 9.53 Å². The van der Waals surface area contributed by atoms with Gasteiger partial charge in [-0.25, -0.2) is 9.97 Å². The number of imidazole rings is 1. The zero-order chi connectivity index (χ0) is 19.3. The number of pyridine rings is 2. The normalized spacial score (nSPS) is 16.8. The van der Waals surface area contributed by atoms with Crippen LogP contribution in [0, 0.1) is 0 Å². The van der Waals surface area contributed by atoms with Crippen LogP contribution in [0.15, 0.2) is 55.2 Å². The fourth-order valence-corrected chi connectivity index (χ4v) is 3.71. The van der Waals surface area contributed by atoms with E-state index in [0.29, 0.717) is 18.0 Å². The van der Waals surface area contributed by atoms with Crippen molar-refractivity contribution in [3.05, 3.63) is 72.2 Å². The van der Waals surface area contributed by atoms with Gasteiger partial charge in [-0.15, -0.1) is 0 Å². The van der Waals surface area contributed by atoms with Gasteiger partial charge in [0, 0.05) is 61.6 Å². The lowest BCUT2D eigenvalue weighted by Crippen LogP contribution is -2.39. The molecule has 7 heteroatoms. The number of hydrogen-bond donors (Lipinski definition) is 0. The smallest absolute Gasteiger partial charge is 0.254 e. The van der Waals surface area contributed by atoms with Crippen molar-refractivity contribution in [3.8, 4) is 5.88 Å². The quantitative estimate of drug-likeness (QED) is 0.684. The average Bonchev–Trinajstić information content (AvgIpc) is 3.22. The minimum Gasteiger partial charge on any atom is -0.481 e. The molecule has 0 spiro atoms. The van der Waals surface area contributed by atoms with Crippen molar-refractivity contribution in [3.63, 3.8) is 0 Å². The van der Waals surface area contributed by atoms with Crippen molar-refractivity contribution in [1.82, 2.24) is 24.4 Å². The molecule has 1 atom stereocenters. The summed E-state index contributed by atoms with van der Waals surface area (Å²) in [5.74, 6) is 1.70. The van der Waals surface area contributed by atoms with Gasteiger partial charge in [0.1, 0.15) is 5.82 Å². The fourth-order valence-electron chi connectivity index (χ4n) is 3.71. The van der Waals surface area contributed by atoms with E-state index in [4.69, 9.17) is 4.74 Å². The van der Waals surface area contributed by atoms with Gasteiger partial charge in [-0.05, 0) is 30.5 Å². The predicted molar refractivity (Wildman–Crippen MR) is 104 cm³/mol. The Morgan fingerprint density at radius 1 is 1.25 bits per heavy atom. The van der Waals surface area contributed by atoms with Crippen LogP contribution in [-0.2, 0) is 6.54 Å². The summed E-state index contributed by atoms with van der Waals surface area (Å²) in [4.78, 5) is 27.7. The fraction of sp³-hybridized carbons (Fsp3) is 0.333. The van der Waals surface area contributed by atoms with E-state index in [9.17, 15) is 4.79 Å². The zero-order valence-electron chi connectivity index (χ0n) is 15.9. The first kappa shape index (κ1) is 18.2. The molecule has 7 nitrogen and oxygen atoms in total. The molecule has 3 aromatic heterocycles. The maximum atomic E-state index is 13.0. The molecule has 0 aromatic carbocycles. The minimum absolute atomic E-state index is 0.00997. The number of piperidine rings is 1. The minimum atomic E-state index is 0.00997. The van der Waals surface area contributed by atoms with Gasteiger partial charge in [0.25, 0.3) is 5.91 Å². The lowest BCUT2D eigenvalue weighted by atomic mass is 9.96. The van der Waals surface area contributed by atoms with Crippen LogP contribution in [0.2, 0.25) is 0 Å². The van der Waals surface area contributed by atoms with Crippen molar-refractivity contribution >= 4 is 5.91 Å². The number of amides is 1. The van der Waals surface area contributed by atoms with E-state index in [-0.39, 0.29) is 11.8 Å². The van der Waals surface area contributed by atoms with E-state index in [1.54, 1.807) is 31.6 Å². The van der Waals surface area contributed by atoms with Crippen LogP contribution in [0.25, 0.3) is 0 Å². The number of aromatic nitrogens is 4. The van der Waals surface area contributed by atoms with E-state index in [1.807, 2.05) is 29.6 Å². The summed E-state index contributed by atoms with van der Waals surface area (Å²) in [5.41, 5.74) is 1.74. The molecule has 1 aliphatic heterocycles. The summed E-state index contributed by atoms with van der Waals surface area (Å²) in [5, 5.41) is 0. The third-order valence-electron chi connectivity index (χ3n) is 5.09. The molecule has 0 saturated carbocycles. The molecule has 1 fully saturated rings. The molecule has 0 bridgehead atoms. The van der Waals surface area contributed by atoms with Gasteiger partial charge in [-0.3, -0.25) is 9.78 Å². The number of likely N-dealkylation sites (tertiary alicyclic amines) is 1. The first-order valence-corrected chi connectivity index (χ1v) is 9.44. The van der Waals surface area contributed by atoms with Crippen molar-refractivity contribution in [2.24, 2.45) is 0 Å². The van der Waals surface area contributed by atoms with Crippen LogP contribution in [0.5, 0.6) is 5.88 Å². The molecule has 144 valence electrons. The Labute approximate surface area is 164 Å². The maximum absolute atomic E-state index is 13.0. The number of carbonyl (C=O) groups excluding carboxylic acids is 1. The standard InChI is InChI=1S/C21H23N5O2/c1-28-19-12-17(6-8-23-19)21(27)26-10-3-5-18(15-26)20-24-9-11-25(20)14-16-4-2-7-22-13-16/h2,4,6-9,11-13,18H,3,5,10,14-15H2,1H3. The molecule has 4 rings (SSSR count). The number of rotatable bonds is 5. The molecule has 28 heavy (non-hydrogen) atoms. The molecule has 0 N–H and O–H groups in total. The van der Waals surface area contributed by atoms with Gasteiger partial charge in [-0.1, -0.05) is 6.07 Å². The van der Waals surface area contributed by atoms with Crippen LogP contribution in [0.1, 0.15) is 40.5 Å². The Hall–Kier alpha value is -3.22. The summed E-state index contributed by atoms with van der Waals surface area (Å²) < 4.78 is 7.30. The Morgan fingerprint density at radius 3 is 3.00 bits per heavy atom. The summed E-state index contributed by atoms with van der Waals surface area (Å²) >= 11 is 0. The summed E-state index contributed by atoms with van der Waals surface area (Å²) in [6.45, 7) is 2.14. The maximum Gasteiger partial charge on any atom is 0.254 e. The summed E-state index contributed by atoms with van der Waals surface area (Å²) in [6.07, 6.45) is 11.1. The lowest BCUT2D eigenvalue weighted by Gasteiger charge is -2.32. The number of ether oxygens (including phenoxy) is 1. The second-order valence-corrected chi connectivity index (χ2v) is 6.95. The van der Waals surface area contributed by atoms with E-state index < -0.39 is 0 Å². The second kappa shape index (κ2) is 8.21. The molecule has 1 saturated heterocycles. The van der Waals surface area contributed by atoms with Crippen LogP contribution < -0.4 is 4.74 Å². The number of hydrogen-bond acceptors (Lipinski definition) is 5. The van der Waals surface area contributed by atoms with Crippen molar-refractivity contribution in [2.45, 2.75) is 25.3 Å². The molecule has 3 aromatic rings. The molecule has 1 unspecified atom stereocenters. The summed E-state index contributed by atoms with van der Waals surface area (Å²) in [7, 11) is 1.55. The van der Waals surface area contributed by atoms with E-state index >= 15 is 0 Å². The number of carbonyl (C=O) groups is 1. The van der Waals surface area contributed by atoms with Crippen LogP contribution in [-0.4, -0.2) is 50.5 Å². The third-order valence-corrected chi connectivity index (χ3v) is 5.09. The molecule has 0 aliphatic carbocycles. The predicted octanol–water partition coefficient (Wildman–Crippen LogP) is 2.75. The van der Waals surface area contributed by atoms with Crippen molar-refractivity contribution in [1.29, 1.82) is 0 Å². The highest BCUT2D eigenvalue weighted by molar-refractivity contribution is 5.94. The monoisotopic (exact) mass is 377 g/mol. The highest BCUT2D eigenvalue weighted by Crippen LogP contribution is 2.27. The van der Waals surface area contributed by atoms with Crippen LogP contribution in [0.4, 0.5) is 0 Å². The van der Waals surface area contributed by atoms with Crippen LogP contribution >= 0.6 is 0 Å². The highest BCUT2D eigenvalue weighted by Gasteiger charge is 2.28. The Bertz CT molecular complexity index is 941. The van der Waals surface area contributed by atoms with E-state index in [0.717, 1.165) is 37.3 Å². The largest absolute Gasteiger partial charge is 0.481 e. The first-order chi connectivity index (χ1) is 13.7. The second-order valence-electron chi connectivity index (χ2n) is 6.95. The Morgan fingerprint density at radius 2 is 2.18 bits per heavy atom. The van der Waals surface area contributed by atoms with E-state index in [2.05, 4.69) is 25.6 Å². The highest BCUT2D eigenvalue weighted by atomic mass is 16.5. The molecular weight excluding hydrogens is 354 g/mol. The summed E-state index contributed by atoms with van der Waals surface area (Å²) in [6, 6.07) is 7.42. The zero-order valence-corrected chi connectivity index (χ0v) is 15.9. The van der Waals surface area contributed by atoms with Gasteiger partial charge in [0.05, 0.1) is 13.7 Å². The third kappa shape index (κ3) is 3.88. The van der Waals surface area contributed by atoms with Crippen molar-refractivity contribution in [2.75, 3.05) is 20.2 Å². The Balaban J connectivity index is 1.50. The molecule has 4 heterocycles. The topological polar surface area (TPSA) is 73.1 Å². The van der Waals surface area contributed by atoms with Gasteiger partial charge in [0.2, 0.25) is 5.88 Å². The van der Waals surface area contributed by atoms with Crippen LogP contribution in [0.3, 0.4) is 0 Å². The van der Waals surface area contributed by atoms with Gasteiger partial charge in [0.15, 0.2) is 0 Å². The van der Waals surface area contributed by atoms with E-state index in [1.165, 1.54) is 0 Å². The SMILES string of the molecule is COc1cc(C(=O)N2CCCC(c3nccn3Cc3cccnc3)C2)ccn1. The first-order valence-electron chi connectivity index (χ1n) is 9.44. The number of nitrogens with zero attached hydrogens (tertiary/aromatic N) is 5.